The maximum atomic E-state index is 11.8. The van der Waals surface area contributed by atoms with E-state index in [1.807, 2.05) is 20.8 Å². The standard InChI is InChI=1S/C14H24N4O2/c1-5-12-15-7-11(8-16-12)18-13(20)17-9-14(3,4)6-10(2)19/h7-8,10,19H,5-6,9H2,1-4H3,(H2,17,18,20). The lowest BCUT2D eigenvalue weighted by atomic mass is 9.87. The van der Waals surface area contributed by atoms with E-state index in [2.05, 4.69) is 20.6 Å². The zero-order valence-electron chi connectivity index (χ0n) is 12.6. The number of hydrogen-bond donors (Lipinski definition) is 3. The van der Waals surface area contributed by atoms with Crippen molar-refractivity contribution < 1.29 is 9.90 Å². The molecule has 6 nitrogen and oxygen atoms in total. The zero-order chi connectivity index (χ0) is 15.2. The molecule has 1 rings (SSSR count). The highest BCUT2D eigenvalue weighted by Crippen LogP contribution is 2.21. The fourth-order valence-electron chi connectivity index (χ4n) is 1.97. The Kier molecular flexibility index (Phi) is 5.88. The molecule has 1 heterocycles. The topological polar surface area (TPSA) is 87.1 Å². The average molecular weight is 280 g/mol. The maximum absolute atomic E-state index is 11.8. The van der Waals surface area contributed by atoms with Crippen LogP contribution in [-0.4, -0.2) is 33.8 Å². The van der Waals surface area contributed by atoms with Gasteiger partial charge in [0.2, 0.25) is 0 Å². The minimum atomic E-state index is -0.384. The van der Waals surface area contributed by atoms with Crippen molar-refractivity contribution in [3.05, 3.63) is 18.2 Å². The van der Waals surface area contributed by atoms with Gasteiger partial charge < -0.3 is 15.7 Å². The molecule has 1 unspecified atom stereocenters. The van der Waals surface area contributed by atoms with Crippen molar-refractivity contribution in [3.8, 4) is 0 Å². The lowest BCUT2D eigenvalue weighted by Crippen LogP contribution is -2.38. The Bertz CT molecular complexity index is 429. The zero-order valence-corrected chi connectivity index (χ0v) is 12.6. The molecular formula is C14H24N4O2. The molecule has 1 aromatic rings. The van der Waals surface area contributed by atoms with Crippen molar-refractivity contribution in [2.75, 3.05) is 11.9 Å². The number of carbonyl (C=O) groups excluding carboxylic acids is 1. The average Bonchev–Trinajstić information content (AvgIpc) is 2.36. The monoisotopic (exact) mass is 280 g/mol. The first-order chi connectivity index (χ1) is 9.32. The Morgan fingerprint density at radius 1 is 1.40 bits per heavy atom. The molecule has 1 aromatic heterocycles. The number of nitrogens with zero attached hydrogens (tertiary/aromatic N) is 2. The van der Waals surface area contributed by atoms with Gasteiger partial charge in [0, 0.05) is 13.0 Å². The van der Waals surface area contributed by atoms with Crippen LogP contribution in [0.3, 0.4) is 0 Å². The number of nitrogens with one attached hydrogen (secondary N) is 2. The van der Waals surface area contributed by atoms with Gasteiger partial charge in [0.05, 0.1) is 24.2 Å². The highest BCUT2D eigenvalue weighted by Gasteiger charge is 2.21. The van der Waals surface area contributed by atoms with Gasteiger partial charge in [0.25, 0.3) is 0 Å². The predicted octanol–water partition coefficient (Wildman–Crippen LogP) is 1.96. The minimum absolute atomic E-state index is 0.159. The lowest BCUT2D eigenvalue weighted by molar-refractivity contribution is 0.129. The summed E-state index contributed by atoms with van der Waals surface area (Å²) in [6.45, 7) is 8.20. The van der Waals surface area contributed by atoms with Gasteiger partial charge in [0.15, 0.2) is 0 Å². The fraction of sp³-hybridized carbons (Fsp3) is 0.643. The first-order valence-electron chi connectivity index (χ1n) is 6.86. The van der Waals surface area contributed by atoms with E-state index in [0.29, 0.717) is 18.7 Å². The minimum Gasteiger partial charge on any atom is -0.393 e. The van der Waals surface area contributed by atoms with E-state index in [0.717, 1.165) is 12.2 Å². The number of carbonyl (C=O) groups is 1. The number of urea groups is 1. The third-order valence-corrected chi connectivity index (χ3v) is 2.85. The molecule has 0 aliphatic heterocycles. The van der Waals surface area contributed by atoms with E-state index in [1.54, 1.807) is 19.3 Å². The number of anilines is 1. The molecule has 3 N–H and O–H groups in total. The molecule has 0 spiro atoms. The lowest BCUT2D eigenvalue weighted by Gasteiger charge is -2.26. The number of hydrogen-bond acceptors (Lipinski definition) is 4. The van der Waals surface area contributed by atoms with Crippen molar-refractivity contribution in [3.63, 3.8) is 0 Å². The largest absolute Gasteiger partial charge is 0.393 e. The summed E-state index contributed by atoms with van der Waals surface area (Å²) in [5.41, 5.74) is 0.404. The number of aromatic nitrogens is 2. The molecular weight excluding hydrogens is 256 g/mol. The van der Waals surface area contributed by atoms with Crippen molar-refractivity contribution in [2.24, 2.45) is 5.41 Å². The van der Waals surface area contributed by atoms with Crippen molar-refractivity contribution in [1.82, 2.24) is 15.3 Å². The van der Waals surface area contributed by atoms with Crippen LogP contribution in [-0.2, 0) is 6.42 Å². The van der Waals surface area contributed by atoms with Gasteiger partial charge in [-0.15, -0.1) is 0 Å². The van der Waals surface area contributed by atoms with Gasteiger partial charge in [-0.05, 0) is 18.8 Å². The van der Waals surface area contributed by atoms with Crippen LogP contribution >= 0.6 is 0 Å². The van der Waals surface area contributed by atoms with E-state index in [4.69, 9.17) is 0 Å². The third-order valence-electron chi connectivity index (χ3n) is 2.85. The second kappa shape index (κ2) is 7.19. The van der Waals surface area contributed by atoms with Gasteiger partial charge >= 0.3 is 6.03 Å². The van der Waals surface area contributed by atoms with Gasteiger partial charge in [-0.1, -0.05) is 20.8 Å². The molecule has 6 heteroatoms. The third kappa shape index (κ3) is 5.97. The van der Waals surface area contributed by atoms with Crippen LogP contribution in [0.25, 0.3) is 0 Å². The molecule has 0 aromatic carbocycles. The summed E-state index contributed by atoms with van der Waals surface area (Å²) in [6, 6.07) is -0.295. The van der Waals surface area contributed by atoms with Crippen LogP contribution < -0.4 is 10.6 Å². The highest BCUT2D eigenvalue weighted by atomic mass is 16.3. The van der Waals surface area contributed by atoms with E-state index >= 15 is 0 Å². The SMILES string of the molecule is CCc1ncc(NC(=O)NCC(C)(C)CC(C)O)cn1. The van der Waals surface area contributed by atoms with Crippen molar-refractivity contribution in [2.45, 2.75) is 46.6 Å². The summed E-state index contributed by atoms with van der Waals surface area (Å²) in [5.74, 6) is 0.744. The molecule has 0 saturated carbocycles. The molecule has 0 saturated heterocycles. The smallest absolute Gasteiger partial charge is 0.319 e. The molecule has 0 bridgehead atoms. The Morgan fingerprint density at radius 3 is 2.50 bits per heavy atom. The van der Waals surface area contributed by atoms with Crippen molar-refractivity contribution >= 4 is 11.7 Å². The predicted molar refractivity (Wildman–Crippen MR) is 78.5 cm³/mol. The van der Waals surface area contributed by atoms with Gasteiger partial charge in [-0.25, -0.2) is 14.8 Å². The van der Waals surface area contributed by atoms with E-state index < -0.39 is 0 Å². The second-order valence-electron chi connectivity index (χ2n) is 5.77. The fourth-order valence-corrected chi connectivity index (χ4v) is 1.97. The van der Waals surface area contributed by atoms with Gasteiger partial charge in [-0.2, -0.15) is 0 Å². The van der Waals surface area contributed by atoms with Crippen LogP contribution in [0.4, 0.5) is 10.5 Å². The van der Waals surface area contributed by atoms with Crippen LogP contribution in [0.1, 0.15) is 39.9 Å². The Balaban J connectivity index is 2.43. The number of aliphatic hydroxyl groups excluding tert-OH is 1. The molecule has 112 valence electrons. The van der Waals surface area contributed by atoms with Crippen LogP contribution in [0.2, 0.25) is 0 Å². The molecule has 0 radical (unpaired) electrons. The normalized spacial score (nSPS) is 12.8. The first kappa shape index (κ1) is 16.4. The highest BCUT2D eigenvalue weighted by molar-refractivity contribution is 5.88. The molecule has 0 aliphatic carbocycles. The molecule has 0 aliphatic rings. The molecule has 2 amide bonds. The maximum Gasteiger partial charge on any atom is 0.319 e. The number of aliphatic hydroxyl groups is 1. The second-order valence-corrected chi connectivity index (χ2v) is 5.77. The Labute approximate surface area is 120 Å². The summed E-state index contributed by atoms with van der Waals surface area (Å²) < 4.78 is 0. The molecule has 1 atom stereocenters. The number of amides is 2. The van der Waals surface area contributed by atoms with E-state index in [-0.39, 0.29) is 17.6 Å². The van der Waals surface area contributed by atoms with Crippen LogP contribution in [0.5, 0.6) is 0 Å². The molecule has 20 heavy (non-hydrogen) atoms. The first-order valence-corrected chi connectivity index (χ1v) is 6.86. The van der Waals surface area contributed by atoms with Crippen LogP contribution in [0, 0.1) is 5.41 Å². The summed E-state index contributed by atoms with van der Waals surface area (Å²) >= 11 is 0. The van der Waals surface area contributed by atoms with Crippen molar-refractivity contribution in [1.29, 1.82) is 0 Å². The Morgan fingerprint density at radius 2 is 2.00 bits per heavy atom. The summed E-state index contributed by atoms with van der Waals surface area (Å²) in [7, 11) is 0. The summed E-state index contributed by atoms with van der Waals surface area (Å²) in [4.78, 5) is 20.0. The van der Waals surface area contributed by atoms with E-state index in [1.165, 1.54) is 0 Å². The number of aryl methyl sites for hydroxylation is 1. The quantitative estimate of drug-likeness (QED) is 0.743. The number of rotatable bonds is 6. The van der Waals surface area contributed by atoms with Crippen LogP contribution in [0.15, 0.2) is 12.4 Å². The van der Waals surface area contributed by atoms with E-state index in [9.17, 15) is 9.90 Å². The van der Waals surface area contributed by atoms with Gasteiger partial charge in [0.1, 0.15) is 5.82 Å². The Hall–Kier alpha value is -1.69. The summed E-state index contributed by atoms with van der Waals surface area (Å²) in [6.07, 6.45) is 4.19. The summed E-state index contributed by atoms with van der Waals surface area (Å²) in [5, 5.41) is 14.9. The molecule has 0 fully saturated rings. The van der Waals surface area contributed by atoms with Gasteiger partial charge in [-0.3, -0.25) is 0 Å².